The van der Waals surface area contributed by atoms with Crippen LogP contribution in [-0.4, -0.2) is 42.6 Å². The van der Waals surface area contributed by atoms with Crippen LogP contribution in [0.2, 0.25) is 0 Å². The van der Waals surface area contributed by atoms with Gasteiger partial charge in [-0.25, -0.2) is 23.4 Å². The maximum atomic E-state index is 13.1. The first-order valence-corrected chi connectivity index (χ1v) is 12.7. The van der Waals surface area contributed by atoms with Crippen molar-refractivity contribution in [3.8, 4) is 34.8 Å². The molecule has 4 rings (SSSR count). The third kappa shape index (κ3) is 6.19. The second-order valence-corrected chi connectivity index (χ2v) is 9.44. The van der Waals surface area contributed by atoms with Gasteiger partial charge in [-0.2, -0.15) is 4.98 Å². The molecule has 0 atom stereocenters. The van der Waals surface area contributed by atoms with Gasteiger partial charge in [0, 0.05) is 12.4 Å². The number of para-hydroxylation sites is 2. The van der Waals surface area contributed by atoms with E-state index in [2.05, 4.69) is 24.7 Å². The van der Waals surface area contributed by atoms with Gasteiger partial charge in [0.25, 0.3) is 15.9 Å². The lowest BCUT2D eigenvalue weighted by atomic mass is 10.1. The van der Waals surface area contributed by atoms with Crippen LogP contribution in [0.15, 0.2) is 66.3 Å². The molecule has 0 saturated carbocycles. The Morgan fingerprint density at radius 3 is 2.30 bits per heavy atom. The monoisotopic (exact) mass is 519 g/mol. The SMILES string of the molecule is COc1ccccc1Oc1c(NS(=O)(=O)/C=C/c2cc(C)ccc2C)nc(-c2ncccn2)nc1OC. The number of aromatic nitrogens is 4. The Bertz CT molecular complexity index is 1540. The molecule has 37 heavy (non-hydrogen) atoms. The van der Waals surface area contributed by atoms with Crippen LogP contribution in [0.1, 0.15) is 16.7 Å². The number of nitrogens with zero attached hydrogens (tertiary/aromatic N) is 4. The Morgan fingerprint density at radius 2 is 1.59 bits per heavy atom. The zero-order chi connectivity index (χ0) is 26.4. The van der Waals surface area contributed by atoms with E-state index in [1.54, 1.807) is 30.3 Å². The molecule has 0 aliphatic heterocycles. The normalized spacial score (nSPS) is 11.4. The number of nitrogens with one attached hydrogen (secondary N) is 1. The van der Waals surface area contributed by atoms with Gasteiger partial charge >= 0.3 is 0 Å². The molecular formula is C26H25N5O5S. The summed E-state index contributed by atoms with van der Waals surface area (Å²) in [6, 6.07) is 14.3. The average molecular weight is 520 g/mol. The second kappa shape index (κ2) is 11.0. The summed E-state index contributed by atoms with van der Waals surface area (Å²) in [7, 11) is -1.17. The fraction of sp³-hybridized carbons (Fsp3) is 0.154. The average Bonchev–Trinajstić information content (AvgIpc) is 2.90. The largest absolute Gasteiger partial charge is 0.493 e. The van der Waals surface area contributed by atoms with Gasteiger partial charge in [-0.15, -0.1) is 0 Å². The maximum absolute atomic E-state index is 13.1. The lowest BCUT2D eigenvalue weighted by Gasteiger charge is -2.16. The summed E-state index contributed by atoms with van der Waals surface area (Å²) in [4.78, 5) is 17.0. The van der Waals surface area contributed by atoms with E-state index in [0.717, 1.165) is 22.1 Å². The minimum atomic E-state index is -4.05. The van der Waals surface area contributed by atoms with Crippen LogP contribution in [0.25, 0.3) is 17.7 Å². The molecule has 2 heterocycles. The first-order chi connectivity index (χ1) is 17.8. The van der Waals surface area contributed by atoms with E-state index in [-0.39, 0.29) is 29.1 Å². The van der Waals surface area contributed by atoms with Crippen molar-refractivity contribution < 1.29 is 22.6 Å². The number of hydrogen-bond acceptors (Lipinski definition) is 9. The smallest absolute Gasteiger partial charge is 0.263 e. The molecular weight excluding hydrogens is 494 g/mol. The van der Waals surface area contributed by atoms with Gasteiger partial charge in [0.05, 0.1) is 19.6 Å². The molecule has 0 amide bonds. The van der Waals surface area contributed by atoms with Crippen LogP contribution in [0.5, 0.6) is 23.1 Å². The number of aryl methyl sites for hydroxylation is 2. The molecule has 0 radical (unpaired) electrons. The summed E-state index contributed by atoms with van der Waals surface area (Å²) in [6.07, 6.45) is 4.56. The summed E-state index contributed by atoms with van der Waals surface area (Å²) in [6.45, 7) is 3.84. The second-order valence-electron chi connectivity index (χ2n) is 7.87. The topological polar surface area (TPSA) is 125 Å². The third-order valence-electron chi connectivity index (χ3n) is 5.18. The maximum Gasteiger partial charge on any atom is 0.263 e. The van der Waals surface area contributed by atoms with Crippen molar-refractivity contribution in [2.24, 2.45) is 0 Å². The Kier molecular flexibility index (Phi) is 7.63. The van der Waals surface area contributed by atoms with Gasteiger partial charge in [0.1, 0.15) is 0 Å². The predicted molar refractivity (Wildman–Crippen MR) is 140 cm³/mol. The van der Waals surface area contributed by atoms with Crippen molar-refractivity contribution in [2.75, 3.05) is 18.9 Å². The number of sulfonamides is 1. The number of methoxy groups -OCH3 is 2. The van der Waals surface area contributed by atoms with Crippen LogP contribution in [0.4, 0.5) is 5.82 Å². The quantitative estimate of drug-likeness (QED) is 0.333. The summed E-state index contributed by atoms with van der Waals surface area (Å²) >= 11 is 0. The predicted octanol–water partition coefficient (Wildman–Crippen LogP) is 4.77. The van der Waals surface area contributed by atoms with Gasteiger partial charge in [-0.05, 0) is 49.2 Å². The molecule has 0 fully saturated rings. The summed E-state index contributed by atoms with van der Waals surface area (Å²) in [5, 5.41) is 1.06. The number of anilines is 1. The first-order valence-electron chi connectivity index (χ1n) is 11.1. The minimum absolute atomic E-state index is 0.0282. The Hall–Kier alpha value is -4.51. The lowest BCUT2D eigenvalue weighted by molar-refractivity contribution is 0.348. The van der Waals surface area contributed by atoms with Gasteiger partial charge in [0.2, 0.25) is 11.6 Å². The highest BCUT2D eigenvalue weighted by molar-refractivity contribution is 7.95. The number of benzene rings is 2. The molecule has 2 aromatic carbocycles. The van der Waals surface area contributed by atoms with Crippen LogP contribution >= 0.6 is 0 Å². The molecule has 1 N–H and O–H groups in total. The van der Waals surface area contributed by atoms with Gasteiger partial charge in [0.15, 0.2) is 23.1 Å². The molecule has 11 heteroatoms. The fourth-order valence-electron chi connectivity index (χ4n) is 3.33. The molecule has 0 saturated heterocycles. The minimum Gasteiger partial charge on any atom is -0.493 e. The Balaban J connectivity index is 1.80. The zero-order valence-corrected chi connectivity index (χ0v) is 21.5. The van der Waals surface area contributed by atoms with Gasteiger partial charge in [-0.3, -0.25) is 4.72 Å². The first kappa shape index (κ1) is 25.6. The highest BCUT2D eigenvalue weighted by Crippen LogP contribution is 2.40. The van der Waals surface area contributed by atoms with E-state index in [1.165, 1.54) is 32.7 Å². The van der Waals surface area contributed by atoms with Crippen molar-refractivity contribution in [2.45, 2.75) is 13.8 Å². The standard InChI is InChI=1S/C26H25N5O5S/c1-17-10-11-18(2)19(16-17)12-15-37(32,33)31-23-22(36-21-9-6-5-8-20(21)34-3)26(35-4)30-25(29-23)24-27-13-7-14-28-24/h5-16H,1-4H3,(H,29,30,31)/b15-12+. The molecule has 2 aromatic heterocycles. The van der Waals surface area contributed by atoms with Crippen molar-refractivity contribution in [1.29, 1.82) is 0 Å². The van der Waals surface area contributed by atoms with Crippen molar-refractivity contribution in [3.05, 3.63) is 83.0 Å². The summed E-state index contributed by atoms with van der Waals surface area (Å²) < 4.78 is 45.6. The lowest BCUT2D eigenvalue weighted by Crippen LogP contribution is -2.13. The van der Waals surface area contributed by atoms with E-state index < -0.39 is 10.0 Å². The number of ether oxygens (including phenoxy) is 3. The van der Waals surface area contributed by atoms with E-state index in [9.17, 15) is 8.42 Å². The van der Waals surface area contributed by atoms with Crippen molar-refractivity contribution in [1.82, 2.24) is 19.9 Å². The highest BCUT2D eigenvalue weighted by Gasteiger charge is 2.23. The van der Waals surface area contributed by atoms with Crippen molar-refractivity contribution in [3.63, 3.8) is 0 Å². The van der Waals surface area contributed by atoms with Gasteiger partial charge < -0.3 is 14.2 Å². The third-order valence-corrected chi connectivity index (χ3v) is 6.15. The number of hydrogen-bond donors (Lipinski definition) is 1. The van der Waals surface area contributed by atoms with Crippen molar-refractivity contribution >= 4 is 21.9 Å². The highest BCUT2D eigenvalue weighted by atomic mass is 32.2. The van der Waals surface area contributed by atoms with E-state index in [4.69, 9.17) is 14.2 Å². The van der Waals surface area contributed by atoms with E-state index in [1.807, 2.05) is 32.0 Å². The van der Waals surface area contributed by atoms with Crippen LogP contribution < -0.4 is 18.9 Å². The van der Waals surface area contributed by atoms with Crippen LogP contribution in [-0.2, 0) is 10.0 Å². The van der Waals surface area contributed by atoms with E-state index >= 15 is 0 Å². The Morgan fingerprint density at radius 1 is 0.865 bits per heavy atom. The molecule has 10 nitrogen and oxygen atoms in total. The fourth-order valence-corrected chi connectivity index (χ4v) is 4.13. The van der Waals surface area contributed by atoms with Gasteiger partial charge in [-0.1, -0.05) is 35.9 Å². The molecule has 0 aliphatic rings. The zero-order valence-electron chi connectivity index (χ0n) is 20.7. The molecule has 0 spiro atoms. The summed E-state index contributed by atoms with van der Waals surface area (Å²) in [5.74, 6) is 0.698. The summed E-state index contributed by atoms with van der Waals surface area (Å²) in [5.41, 5.74) is 2.72. The Labute approximate surface area is 215 Å². The van der Waals surface area contributed by atoms with E-state index in [0.29, 0.717) is 11.5 Å². The molecule has 0 aliphatic carbocycles. The molecule has 0 unspecified atom stereocenters. The molecule has 0 bridgehead atoms. The van der Waals surface area contributed by atoms with Crippen LogP contribution in [0.3, 0.4) is 0 Å². The number of rotatable bonds is 9. The molecule has 4 aromatic rings. The molecule has 190 valence electrons. The van der Waals surface area contributed by atoms with Crippen LogP contribution in [0, 0.1) is 13.8 Å².